The summed E-state index contributed by atoms with van der Waals surface area (Å²) >= 11 is 0. The largest absolute Gasteiger partial charge is 0.464 e. The van der Waals surface area contributed by atoms with E-state index in [0.29, 0.717) is 6.92 Å². The van der Waals surface area contributed by atoms with Crippen LogP contribution < -0.4 is 0 Å². The number of alkyl halides is 9. The first-order chi connectivity index (χ1) is 15.2. The Kier molecular flexibility index (Phi) is 16.0. The van der Waals surface area contributed by atoms with Gasteiger partial charge in [0.1, 0.15) is 21.0 Å². The minimum atomic E-state index is -6.87. The number of unbranched alkanes of at least 4 members (excludes halogenated alkanes) is 2. The van der Waals surface area contributed by atoms with E-state index in [1.54, 1.807) is 13.1 Å². The molecule has 34 heavy (non-hydrogen) atoms. The summed E-state index contributed by atoms with van der Waals surface area (Å²) in [4.78, 5) is 0. The molecule has 3 atom stereocenters. The fraction of sp³-hybridized carbons (Fsp3) is 0.875. The van der Waals surface area contributed by atoms with Crippen LogP contribution in [0.25, 0.3) is 0 Å². The normalized spacial score (nSPS) is 17.9. The predicted octanol–water partition coefficient (Wildman–Crippen LogP) is 3.22. The van der Waals surface area contributed by atoms with Crippen molar-refractivity contribution in [2.75, 3.05) is 0 Å². The molecule has 0 bridgehead atoms. The molecule has 0 rings (SSSR count). The van der Waals surface area contributed by atoms with Crippen LogP contribution in [0.5, 0.6) is 0 Å². The van der Waals surface area contributed by atoms with Gasteiger partial charge in [0.2, 0.25) is 0 Å². The lowest BCUT2D eigenvalue weighted by molar-refractivity contribution is -0.396. The summed E-state index contributed by atoms with van der Waals surface area (Å²) < 4.78 is 133. The quantitative estimate of drug-likeness (QED) is 0.181. The SMILES string of the molecule is CC(C(F)(F)C(F)(F)C(F)(F)C(F)(F)F)[Si](C)(O[SiH3])[SiH2]O[SiH](C)C.CCCCC=C[SiH](C)O[SiH3]. The summed E-state index contributed by atoms with van der Waals surface area (Å²) in [5.41, 5.74) is -0.187. The van der Waals surface area contributed by atoms with Crippen molar-refractivity contribution in [1.29, 1.82) is 0 Å². The molecule has 3 unspecified atom stereocenters. The molecule has 0 amide bonds. The van der Waals surface area contributed by atoms with Gasteiger partial charge in [0.25, 0.3) is 0 Å². The molecule has 3 nitrogen and oxygen atoms in total. The van der Waals surface area contributed by atoms with Gasteiger partial charge >= 0.3 is 23.9 Å². The topological polar surface area (TPSA) is 27.7 Å². The first kappa shape index (κ1) is 36.4. The highest BCUT2D eigenvalue weighted by Gasteiger charge is 2.83. The van der Waals surface area contributed by atoms with Crippen molar-refractivity contribution in [3.05, 3.63) is 11.8 Å². The van der Waals surface area contributed by atoms with Gasteiger partial charge in [0, 0.05) is 5.54 Å². The molecule has 0 aliphatic carbocycles. The van der Waals surface area contributed by atoms with Crippen molar-refractivity contribution in [1.82, 2.24) is 0 Å². The zero-order valence-corrected chi connectivity index (χ0v) is 29.6. The second kappa shape index (κ2) is 14.9. The van der Waals surface area contributed by atoms with Gasteiger partial charge in [-0.15, -0.1) is 0 Å². The van der Waals surface area contributed by atoms with Gasteiger partial charge in [-0.2, -0.15) is 39.5 Å². The molecule has 0 aromatic carbocycles. The standard InChI is InChI=1S/C9H19F9O2Si4.C7H18OSi2/c1-5(24(4,19-21)22-20-23(2)3)6(10,11)7(12,13)8(14,15)9(16,17)18;1-3-4-5-6-7-10(2)8-9/h5,23H,22H2,1-4,21H3;6-7,10H,3-5H2,1-2,9H3. The molecule has 0 heterocycles. The molecule has 206 valence electrons. The Morgan fingerprint density at radius 2 is 1.47 bits per heavy atom. The van der Waals surface area contributed by atoms with Gasteiger partial charge in [-0.05, 0) is 32.6 Å². The Morgan fingerprint density at radius 1 is 0.971 bits per heavy atom. The summed E-state index contributed by atoms with van der Waals surface area (Å²) in [6.07, 6.45) is -0.685. The van der Waals surface area contributed by atoms with E-state index in [-0.39, 0.29) is 10.5 Å². The predicted molar refractivity (Wildman–Crippen MR) is 134 cm³/mol. The van der Waals surface area contributed by atoms with Crippen LogP contribution in [-0.2, 0) is 12.3 Å². The van der Waals surface area contributed by atoms with E-state index in [2.05, 4.69) is 25.2 Å². The summed E-state index contributed by atoms with van der Waals surface area (Å²) in [5.74, 6) is -19.1. The van der Waals surface area contributed by atoms with Crippen LogP contribution in [0.4, 0.5) is 39.5 Å². The molecule has 0 saturated heterocycles. The highest BCUT2D eigenvalue weighted by Crippen LogP contribution is 2.57. The molecule has 0 N–H and O–H groups in total. The number of allylic oxidation sites excluding steroid dienone is 1. The van der Waals surface area contributed by atoms with E-state index >= 15 is 0 Å². The van der Waals surface area contributed by atoms with Crippen LogP contribution in [0.3, 0.4) is 0 Å². The van der Waals surface area contributed by atoms with E-state index in [0.717, 1.165) is 17.0 Å². The number of halogens is 9. The van der Waals surface area contributed by atoms with Gasteiger partial charge in [0.15, 0.2) is 35.2 Å². The molecule has 0 fully saturated rings. The van der Waals surface area contributed by atoms with Crippen molar-refractivity contribution in [3.63, 3.8) is 0 Å². The lowest BCUT2D eigenvalue weighted by Crippen LogP contribution is -2.66. The van der Waals surface area contributed by atoms with Crippen LogP contribution >= 0.6 is 0 Å². The minimum absolute atomic E-state index is 0.150. The third kappa shape index (κ3) is 9.98. The highest BCUT2D eigenvalue weighted by molar-refractivity contribution is 7.21. The van der Waals surface area contributed by atoms with Crippen molar-refractivity contribution in [2.45, 2.75) is 88.8 Å². The summed E-state index contributed by atoms with van der Waals surface area (Å²) in [7, 11) is -7.40. The van der Waals surface area contributed by atoms with E-state index in [4.69, 9.17) is 12.3 Å². The molecule has 0 saturated carbocycles. The van der Waals surface area contributed by atoms with Crippen molar-refractivity contribution in [2.24, 2.45) is 0 Å². The molecule has 0 radical (unpaired) electrons. The average Bonchev–Trinajstić information content (AvgIpc) is 2.73. The van der Waals surface area contributed by atoms with Crippen molar-refractivity contribution < 1.29 is 51.9 Å². The molecular weight excluding hydrogens is 580 g/mol. The van der Waals surface area contributed by atoms with Crippen LogP contribution in [0, 0.1) is 0 Å². The van der Waals surface area contributed by atoms with Gasteiger partial charge in [0.05, 0.1) is 0 Å². The van der Waals surface area contributed by atoms with Gasteiger partial charge < -0.3 is 12.3 Å². The maximum atomic E-state index is 14.0. The summed E-state index contributed by atoms with van der Waals surface area (Å²) in [5, 5.41) is 0. The lowest BCUT2D eigenvalue weighted by Gasteiger charge is -2.42. The van der Waals surface area contributed by atoms with Crippen molar-refractivity contribution >= 4 is 56.2 Å². The first-order valence-corrected chi connectivity index (χ1v) is 22.9. The molecule has 0 aromatic rings. The fourth-order valence-electron chi connectivity index (χ4n) is 2.42. The van der Waals surface area contributed by atoms with Crippen LogP contribution in [0.1, 0.15) is 33.1 Å². The maximum absolute atomic E-state index is 14.0. The minimum Gasteiger partial charge on any atom is -0.464 e. The monoisotopic (exact) mass is 616 g/mol. The molecule has 0 aliphatic rings. The highest BCUT2D eigenvalue weighted by atomic mass is 29.2. The zero-order chi connectivity index (χ0) is 27.6. The second-order valence-corrected chi connectivity index (χ2v) is 26.0. The van der Waals surface area contributed by atoms with Crippen molar-refractivity contribution in [3.8, 4) is 0 Å². The maximum Gasteiger partial charge on any atom is 0.460 e. The van der Waals surface area contributed by atoms with Crippen LogP contribution in [-0.4, -0.2) is 80.1 Å². The Hall–Kier alpha value is 0.291. The van der Waals surface area contributed by atoms with Gasteiger partial charge in [-0.25, -0.2) is 0 Å². The molecule has 0 aromatic heterocycles. The smallest absolute Gasteiger partial charge is 0.460 e. The van der Waals surface area contributed by atoms with Crippen LogP contribution in [0.15, 0.2) is 11.8 Å². The number of rotatable bonds is 13. The van der Waals surface area contributed by atoms with E-state index in [9.17, 15) is 39.5 Å². The third-order valence-electron chi connectivity index (χ3n) is 5.30. The molecular formula is C16H37F9O3Si6. The summed E-state index contributed by atoms with van der Waals surface area (Å²) in [6.45, 7) is 9.45. The third-order valence-corrected chi connectivity index (χ3v) is 26.6. The fourth-order valence-corrected chi connectivity index (χ4v) is 17.9. The Balaban J connectivity index is 0. The van der Waals surface area contributed by atoms with E-state index in [1.165, 1.54) is 19.3 Å². The Morgan fingerprint density at radius 3 is 1.82 bits per heavy atom. The lowest BCUT2D eigenvalue weighted by atomic mass is 10.0. The number of hydrogen-bond donors (Lipinski definition) is 0. The van der Waals surface area contributed by atoms with Gasteiger partial charge in [-0.1, -0.05) is 38.5 Å². The average molecular weight is 617 g/mol. The molecule has 0 spiro atoms. The second-order valence-electron chi connectivity index (χ2n) is 8.38. The molecule has 0 aliphatic heterocycles. The van der Waals surface area contributed by atoms with E-state index in [1.807, 2.05) is 0 Å². The Labute approximate surface area is 208 Å². The van der Waals surface area contributed by atoms with E-state index < -0.39 is 64.7 Å². The molecule has 18 heteroatoms. The van der Waals surface area contributed by atoms with Crippen LogP contribution in [0.2, 0.25) is 31.7 Å². The summed E-state index contributed by atoms with van der Waals surface area (Å²) in [6, 6.07) is 0. The number of hydrogen-bond acceptors (Lipinski definition) is 3. The van der Waals surface area contributed by atoms with Gasteiger partial charge in [-0.3, -0.25) is 0 Å². The zero-order valence-electron chi connectivity index (χ0n) is 20.8. The first-order valence-electron chi connectivity index (χ1n) is 10.8. The Bertz CT molecular complexity index is 611.